The lowest BCUT2D eigenvalue weighted by Crippen LogP contribution is -2.38. The van der Waals surface area contributed by atoms with Gasteiger partial charge in [-0.25, -0.2) is 0 Å². The average molecular weight is 183 g/mol. The van der Waals surface area contributed by atoms with Crippen molar-refractivity contribution in [3.63, 3.8) is 0 Å². The van der Waals surface area contributed by atoms with Crippen LogP contribution >= 0.6 is 0 Å². The Hall–Kier alpha value is -1.01. The molecule has 0 rings (SSSR count). The lowest BCUT2D eigenvalue weighted by atomic mass is 10.2. The molecule has 0 aromatic carbocycles. The number of hydrogen-bond acceptors (Lipinski definition) is 2. The number of unbranched alkanes of at least 4 members (excludes halogenated alkanes) is 1. The Labute approximate surface area is 79.7 Å². The van der Waals surface area contributed by atoms with Gasteiger partial charge in [0.25, 0.3) is 0 Å². The van der Waals surface area contributed by atoms with Gasteiger partial charge in [-0.1, -0.05) is 6.92 Å². The molecule has 74 valence electrons. The fourth-order valence-corrected chi connectivity index (χ4v) is 1.26. The summed E-state index contributed by atoms with van der Waals surface area (Å²) in [6.07, 6.45) is 7.29. The molecule has 0 spiro atoms. The van der Waals surface area contributed by atoms with Crippen LogP contribution in [0.5, 0.6) is 0 Å². The highest BCUT2D eigenvalue weighted by Crippen LogP contribution is 2.03. The van der Waals surface area contributed by atoms with E-state index in [1.165, 1.54) is 0 Å². The van der Waals surface area contributed by atoms with E-state index in [1.807, 2.05) is 18.9 Å². The van der Waals surface area contributed by atoms with Gasteiger partial charge in [-0.15, -0.1) is 12.3 Å². The Balaban J connectivity index is 3.85. The molecule has 1 atom stereocenters. The monoisotopic (exact) mass is 183 g/mol. The van der Waals surface area contributed by atoms with Crippen molar-refractivity contribution in [2.45, 2.75) is 32.2 Å². The number of carbonyl (C=O) groups is 1. The van der Waals surface area contributed by atoms with Crippen molar-refractivity contribution >= 4 is 5.97 Å². The van der Waals surface area contributed by atoms with Gasteiger partial charge in [0.2, 0.25) is 0 Å². The summed E-state index contributed by atoms with van der Waals surface area (Å²) in [4.78, 5) is 12.6. The van der Waals surface area contributed by atoms with Gasteiger partial charge in [-0.3, -0.25) is 9.69 Å². The molecule has 0 amide bonds. The molecule has 0 aromatic heterocycles. The third-order valence-corrected chi connectivity index (χ3v) is 2.04. The summed E-state index contributed by atoms with van der Waals surface area (Å²) in [5, 5.41) is 8.82. The molecule has 3 nitrogen and oxygen atoms in total. The normalized spacial score (nSPS) is 12.5. The summed E-state index contributed by atoms with van der Waals surface area (Å²) in [5.74, 6) is 1.78. The van der Waals surface area contributed by atoms with Gasteiger partial charge in [0.05, 0.1) is 0 Å². The second-order valence-electron chi connectivity index (χ2n) is 3.05. The van der Waals surface area contributed by atoms with E-state index in [2.05, 4.69) is 5.92 Å². The Morgan fingerprint density at radius 2 is 2.31 bits per heavy atom. The molecule has 0 radical (unpaired) electrons. The second kappa shape index (κ2) is 6.50. The van der Waals surface area contributed by atoms with E-state index in [1.54, 1.807) is 0 Å². The van der Waals surface area contributed by atoms with E-state index in [0.29, 0.717) is 12.8 Å². The molecule has 13 heavy (non-hydrogen) atoms. The highest BCUT2D eigenvalue weighted by Gasteiger charge is 2.19. The van der Waals surface area contributed by atoms with Crippen molar-refractivity contribution in [2.75, 3.05) is 13.6 Å². The van der Waals surface area contributed by atoms with E-state index >= 15 is 0 Å². The maximum atomic E-state index is 10.7. The Kier molecular flexibility index (Phi) is 5.99. The van der Waals surface area contributed by atoms with Crippen LogP contribution < -0.4 is 0 Å². The fraction of sp³-hybridized carbons (Fsp3) is 0.700. The molecule has 0 saturated heterocycles. The largest absolute Gasteiger partial charge is 0.480 e. The summed E-state index contributed by atoms with van der Waals surface area (Å²) < 4.78 is 0. The van der Waals surface area contributed by atoms with Crippen LogP contribution in [0.15, 0.2) is 0 Å². The molecular formula is C10H17NO2. The van der Waals surface area contributed by atoms with Crippen molar-refractivity contribution in [3.8, 4) is 12.3 Å². The van der Waals surface area contributed by atoms with Crippen molar-refractivity contribution in [2.24, 2.45) is 0 Å². The maximum Gasteiger partial charge on any atom is 0.320 e. The predicted octanol–water partition coefficient (Wildman–Crippen LogP) is 1.19. The first kappa shape index (κ1) is 12.0. The smallest absolute Gasteiger partial charge is 0.320 e. The molecule has 0 aromatic rings. The second-order valence-corrected chi connectivity index (χ2v) is 3.05. The van der Waals surface area contributed by atoms with Crippen molar-refractivity contribution in [1.82, 2.24) is 4.90 Å². The zero-order valence-corrected chi connectivity index (χ0v) is 8.29. The lowest BCUT2D eigenvalue weighted by Gasteiger charge is -2.22. The lowest BCUT2D eigenvalue weighted by molar-refractivity contribution is -0.142. The van der Waals surface area contributed by atoms with E-state index < -0.39 is 5.97 Å². The first-order chi connectivity index (χ1) is 6.13. The molecule has 3 heteroatoms. The quantitative estimate of drug-likeness (QED) is 0.497. The van der Waals surface area contributed by atoms with Gasteiger partial charge < -0.3 is 5.11 Å². The van der Waals surface area contributed by atoms with Gasteiger partial charge >= 0.3 is 5.97 Å². The third kappa shape index (κ3) is 4.54. The van der Waals surface area contributed by atoms with Crippen LogP contribution in [0.2, 0.25) is 0 Å². The summed E-state index contributed by atoms with van der Waals surface area (Å²) >= 11 is 0. The Bertz CT molecular complexity index is 196. The van der Waals surface area contributed by atoms with Crippen LogP contribution in [-0.2, 0) is 4.79 Å². The molecule has 0 aliphatic carbocycles. The molecule has 0 aliphatic heterocycles. The molecule has 0 aliphatic rings. The zero-order chi connectivity index (χ0) is 10.3. The number of terminal acetylenes is 1. The summed E-state index contributed by atoms with van der Waals surface area (Å²) in [5.41, 5.74) is 0. The minimum atomic E-state index is -0.759. The van der Waals surface area contributed by atoms with E-state index in [9.17, 15) is 4.79 Å². The summed E-state index contributed by atoms with van der Waals surface area (Å²) in [7, 11) is 1.82. The Morgan fingerprint density at radius 1 is 1.69 bits per heavy atom. The number of hydrogen-bond donors (Lipinski definition) is 1. The van der Waals surface area contributed by atoms with Crippen LogP contribution in [0, 0.1) is 12.3 Å². The zero-order valence-electron chi connectivity index (χ0n) is 8.29. The molecule has 0 bridgehead atoms. The first-order valence-electron chi connectivity index (χ1n) is 4.50. The highest BCUT2D eigenvalue weighted by molar-refractivity contribution is 5.73. The van der Waals surface area contributed by atoms with Crippen LogP contribution in [0.1, 0.15) is 26.2 Å². The number of carboxylic acids is 1. The molecule has 0 fully saturated rings. The average Bonchev–Trinajstić information content (AvgIpc) is 2.05. The maximum absolute atomic E-state index is 10.7. The van der Waals surface area contributed by atoms with Crippen LogP contribution in [0.25, 0.3) is 0 Å². The molecular weight excluding hydrogens is 166 g/mol. The third-order valence-electron chi connectivity index (χ3n) is 2.04. The minimum Gasteiger partial charge on any atom is -0.480 e. The number of nitrogens with zero attached hydrogens (tertiary/aromatic N) is 1. The predicted molar refractivity (Wildman–Crippen MR) is 52.4 cm³/mol. The van der Waals surface area contributed by atoms with Crippen molar-refractivity contribution in [3.05, 3.63) is 0 Å². The van der Waals surface area contributed by atoms with Gasteiger partial charge in [-0.2, -0.15) is 0 Å². The standard InChI is InChI=1S/C10H17NO2/c1-4-6-7-8-11(3)9(5-2)10(12)13/h1,9H,5-8H2,2-3H3,(H,12,13). The summed E-state index contributed by atoms with van der Waals surface area (Å²) in [6.45, 7) is 2.62. The van der Waals surface area contributed by atoms with Gasteiger partial charge in [0, 0.05) is 6.42 Å². The van der Waals surface area contributed by atoms with E-state index in [4.69, 9.17) is 11.5 Å². The Morgan fingerprint density at radius 3 is 2.69 bits per heavy atom. The number of likely N-dealkylation sites (N-methyl/N-ethyl adjacent to an activating group) is 1. The van der Waals surface area contributed by atoms with Gasteiger partial charge in [0.15, 0.2) is 0 Å². The minimum absolute atomic E-state index is 0.377. The van der Waals surface area contributed by atoms with Crippen LogP contribution in [0.3, 0.4) is 0 Å². The van der Waals surface area contributed by atoms with Crippen LogP contribution in [0.4, 0.5) is 0 Å². The highest BCUT2D eigenvalue weighted by atomic mass is 16.4. The SMILES string of the molecule is C#CCCCN(C)C(CC)C(=O)O. The van der Waals surface area contributed by atoms with Crippen LogP contribution in [-0.4, -0.2) is 35.6 Å². The van der Waals surface area contributed by atoms with Crippen molar-refractivity contribution in [1.29, 1.82) is 0 Å². The number of carboxylic acid groups (broad SMARTS) is 1. The molecule has 1 N–H and O–H groups in total. The number of aliphatic carboxylic acids is 1. The summed E-state index contributed by atoms with van der Waals surface area (Å²) in [6, 6.07) is -0.377. The topological polar surface area (TPSA) is 40.5 Å². The van der Waals surface area contributed by atoms with Gasteiger partial charge in [0.1, 0.15) is 6.04 Å². The first-order valence-corrected chi connectivity index (χ1v) is 4.50. The van der Waals surface area contributed by atoms with Gasteiger partial charge in [-0.05, 0) is 26.4 Å². The number of rotatable bonds is 6. The fourth-order valence-electron chi connectivity index (χ4n) is 1.26. The van der Waals surface area contributed by atoms with Crippen molar-refractivity contribution < 1.29 is 9.90 Å². The molecule has 1 unspecified atom stereocenters. The van der Waals surface area contributed by atoms with E-state index in [0.717, 1.165) is 13.0 Å². The molecule has 0 saturated carbocycles. The van der Waals surface area contributed by atoms with E-state index in [-0.39, 0.29) is 6.04 Å². The molecule has 0 heterocycles.